The van der Waals surface area contributed by atoms with Crippen LogP contribution in [0.25, 0.3) is 5.70 Å². The Morgan fingerprint density at radius 2 is 1.95 bits per heavy atom. The summed E-state index contributed by atoms with van der Waals surface area (Å²) in [5.41, 5.74) is 14.5. The monoisotopic (exact) mass is 549 g/mol. The normalized spacial score (nSPS) is 13.4. The summed E-state index contributed by atoms with van der Waals surface area (Å²) in [6.07, 6.45) is 15.1. The van der Waals surface area contributed by atoms with Gasteiger partial charge in [0.1, 0.15) is 5.82 Å². The third kappa shape index (κ3) is 9.41. The maximum absolute atomic E-state index is 4.61. The molecule has 1 aliphatic carbocycles. The van der Waals surface area contributed by atoms with Gasteiger partial charge in [-0.05, 0) is 61.7 Å². The average Bonchev–Trinajstić information content (AvgIpc) is 3.19. The van der Waals surface area contributed by atoms with Gasteiger partial charge in [0.2, 0.25) is 0 Å². The van der Waals surface area contributed by atoms with Crippen molar-refractivity contribution in [2.75, 3.05) is 18.9 Å². The van der Waals surface area contributed by atoms with Gasteiger partial charge in [-0.15, -0.1) is 0 Å². The summed E-state index contributed by atoms with van der Waals surface area (Å²) in [6, 6.07) is 6.76. The smallest absolute Gasteiger partial charge is 0.133 e. The van der Waals surface area contributed by atoms with Crippen LogP contribution in [-0.4, -0.2) is 33.8 Å². The molecule has 2 aromatic rings. The van der Waals surface area contributed by atoms with Crippen LogP contribution in [0.2, 0.25) is 0 Å². The highest BCUT2D eigenvalue weighted by Gasteiger charge is 2.27. The van der Waals surface area contributed by atoms with Crippen LogP contribution in [0.1, 0.15) is 67.7 Å². The number of nitrogens with zero attached hydrogens (tertiary/aromatic N) is 3. The van der Waals surface area contributed by atoms with Crippen molar-refractivity contribution in [3.63, 3.8) is 0 Å². The molecule has 5 N–H and O–H groups in total. The molecular weight excluding hydrogens is 502 g/mol. The highest BCUT2D eigenvalue weighted by Crippen LogP contribution is 2.36. The molecule has 39 heavy (non-hydrogen) atoms. The van der Waals surface area contributed by atoms with E-state index in [1.807, 2.05) is 17.9 Å². The SMILES string of the molecule is C=C(c1ccc(CNCCCCCC)c(C)c1)N1Cc2cnn(C)c2NC2=CCCC=C21.C=CN.CNC=S. The lowest BCUT2D eigenvalue weighted by molar-refractivity contribution is 0.492. The second kappa shape index (κ2) is 17.3. The van der Waals surface area contributed by atoms with Gasteiger partial charge in [-0.1, -0.05) is 75.8 Å². The van der Waals surface area contributed by atoms with E-state index >= 15 is 0 Å². The number of benzene rings is 1. The zero-order chi connectivity index (χ0) is 28.6. The molecule has 1 aromatic carbocycles. The molecule has 0 saturated carbocycles. The summed E-state index contributed by atoms with van der Waals surface area (Å²) in [6.45, 7) is 14.9. The minimum absolute atomic E-state index is 0.762. The minimum Gasteiger partial charge on any atom is -0.405 e. The van der Waals surface area contributed by atoms with Crippen LogP contribution < -0.4 is 21.7 Å². The predicted molar refractivity (Wildman–Crippen MR) is 171 cm³/mol. The number of allylic oxidation sites excluding steroid dienone is 2. The van der Waals surface area contributed by atoms with E-state index in [1.54, 1.807) is 7.05 Å². The fourth-order valence-electron chi connectivity index (χ4n) is 4.55. The fourth-order valence-corrected chi connectivity index (χ4v) is 4.55. The van der Waals surface area contributed by atoms with Gasteiger partial charge in [-0.25, -0.2) is 0 Å². The second-order valence-electron chi connectivity index (χ2n) is 9.61. The zero-order valence-electron chi connectivity index (χ0n) is 24.2. The third-order valence-electron chi connectivity index (χ3n) is 6.66. The van der Waals surface area contributed by atoms with Crippen LogP contribution >= 0.6 is 12.2 Å². The van der Waals surface area contributed by atoms with E-state index < -0.39 is 0 Å². The molecule has 0 unspecified atom stereocenters. The van der Waals surface area contributed by atoms with Gasteiger partial charge in [-0.2, -0.15) is 5.10 Å². The lowest BCUT2D eigenvalue weighted by atomic mass is 10.0. The topological polar surface area (TPSA) is 83.2 Å². The third-order valence-corrected chi connectivity index (χ3v) is 6.89. The van der Waals surface area contributed by atoms with Gasteiger partial charge in [-0.3, -0.25) is 4.68 Å². The van der Waals surface area contributed by atoms with Crippen molar-refractivity contribution < 1.29 is 0 Å². The Kier molecular flexibility index (Phi) is 14.1. The molecule has 0 saturated heterocycles. The van der Waals surface area contributed by atoms with Crippen molar-refractivity contribution in [2.45, 2.75) is 65.5 Å². The largest absolute Gasteiger partial charge is 0.405 e. The molecule has 2 heterocycles. The molecule has 212 valence electrons. The summed E-state index contributed by atoms with van der Waals surface area (Å²) >= 11 is 4.32. The number of unbranched alkanes of at least 4 members (excludes halogenated alkanes) is 3. The summed E-state index contributed by atoms with van der Waals surface area (Å²) < 4.78 is 1.92. The van der Waals surface area contributed by atoms with E-state index in [-0.39, 0.29) is 0 Å². The van der Waals surface area contributed by atoms with E-state index in [2.05, 4.69) is 101 Å². The van der Waals surface area contributed by atoms with E-state index in [0.717, 1.165) is 49.7 Å². The number of nitrogens with two attached hydrogens (primary N) is 1. The molecule has 0 bridgehead atoms. The van der Waals surface area contributed by atoms with Crippen LogP contribution in [0, 0.1) is 6.92 Å². The molecule has 8 heteroatoms. The summed E-state index contributed by atoms with van der Waals surface area (Å²) in [5, 5.41) is 14.3. The Hall–Kier alpha value is -3.36. The van der Waals surface area contributed by atoms with Gasteiger partial charge in [0.25, 0.3) is 0 Å². The highest BCUT2D eigenvalue weighted by atomic mass is 32.1. The summed E-state index contributed by atoms with van der Waals surface area (Å²) in [4.78, 5) is 2.34. The number of aryl methyl sites for hydroxylation is 2. The molecule has 7 nitrogen and oxygen atoms in total. The highest BCUT2D eigenvalue weighted by molar-refractivity contribution is 7.78. The summed E-state index contributed by atoms with van der Waals surface area (Å²) in [5.74, 6) is 1.07. The Labute approximate surface area is 240 Å². The maximum atomic E-state index is 4.61. The van der Waals surface area contributed by atoms with E-state index in [4.69, 9.17) is 0 Å². The van der Waals surface area contributed by atoms with Gasteiger partial charge < -0.3 is 26.6 Å². The minimum atomic E-state index is 0.762. The maximum Gasteiger partial charge on any atom is 0.133 e. The number of hydrogen-bond donors (Lipinski definition) is 4. The standard InChI is InChI=1S/C27H37N5.C2H5NS.C2H5N/c1-5-6-7-10-15-28-17-23-14-13-22(16-20(23)2)21(3)32-19-24-18-29-31(4)27(24)30-25-11-8-9-12-26(25)32;1-3-2-4;1-2-3/h11-14,16,18,28,30H,3,5-10,15,17,19H2,1-2,4H3;2H,1H3,(H,3,4);2H,1,3H2. The number of hydrogen-bond acceptors (Lipinski definition) is 6. The fraction of sp³-hybridized carbons (Fsp3) is 0.419. The molecule has 1 aromatic heterocycles. The van der Waals surface area contributed by atoms with Crippen molar-refractivity contribution in [3.05, 3.63) is 89.6 Å². The van der Waals surface area contributed by atoms with E-state index in [0.29, 0.717) is 0 Å². The molecule has 2 aliphatic rings. The first-order valence-electron chi connectivity index (χ1n) is 13.8. The molecule has 1 aliphatic heterocycles. The van der Waals surface area contributed by atoms with Crippen molar-refractivity contribution in [1.29, 1.82) is 0 Å². The number of fused-ring (bicyclic) bond motifs is 2. The summed E-state index contributed by atoms with van der Waals surface area (Å²) in [7, 11) is 3.76. The number of rotatable bonds is 10. The molecule has 0 radical (unpaired) electrons. The van der Waals surface area contributed by atoms with Gasteiger partial charge in [0, 0.05) is 31.9 Å². The number of nitrogens with one attached hydrogen (secondary N) is 3. The Balaban J connectivity index is 0.000000686. The second-order valence-corrected chi connectivity index (χ2v) is 9.84. The first kappa shape index (κ1) is 31.9. The van der Waals surface area contributed by atoms with Crippen LogP contribution in [-0.2, 0) is 20.1 Å². The predicted octanol–water partition coefficient (Wildman–Crippen LogP) is 6.11. The first-order chi connectivity index (χ1) is 18.9. The van der Waals surface area contributed by atoms with Gasteiger partial charge in [0.05, 0.1) is 29.6 Å². The molecule has 0 spiro atoms. The van der Waals surface area contributed by atoms with Crippen molar-refractivity contribution in [2.24, 2.45) is 12.8 Å². The molecule has 0 fully saturated rings. The number of thiocarbonyl (C=S) groups is 1. The zero-order valence-corrected chi connectivity index (χ0v) is 25.0. The molecular formula is C31H47N7S. The number of aromatic nitrogens is 2. The van der Waals surface area contributed by atoms with E-state index in [9.17, 15) is 0 Å². The Morgan fingerprint density at radius 1 is 1.23 bits per heavy atom. The van der Waals surface area contributed by atoms with Crippen molar-refractivity contribution in [3.8, 4) is 0 Å². The van der Waals surface area contributed by atoms with Crippen LogP contribution in [0.15, 0.2) is 67.3 Å². The lowest BCUT2D eigenvalue weighted by Crippen LogP contribution is -2.23. The molecule has 0 amide bonds. The molecule has 4 rings (SSSR count). The Morgan fingerprint density at radius 3 is 2.62 bits per heavy atom. The quantitative estimate of drug-likeness (QED) is 0.210. The average molecular weight is 550 g/mol. The van der Waals surface area contributed by atoms with Crippen LogP contribution in [0.3, 0.4) is 0 Å². The van der Waals surface area contributed by atoms with Crippen LogP contribution in [0.4, 0.5) is 5.82 Å². The lowest BCUT2D eigenvalue weighted by Gasteiger charge is -2.30. The van der Waals surface area contributed by atoms with Crippen molar-refractivity contribution >= 4 is 29.2 Å². The molecule has 0 atom stereocenters. The Bertz CT molecular complexity index is 1150. The van der Waals surface area contributed by atoms with Crippen molar-refractivity contribution in [1.82, 2.24) is 25.3 Å². The van der Waals surface area contributed by atoms with Crippen LogP contribution in [0.5, 0.6) is 0 Å². The number of anilines is 1. The van der Waals surface area contributed by atoms with Gasteiger partial charge in [0.15, 0.2) is 0 Å². The van der Waals surface area contributed by atoms with Gasteiger partial charge >= 0.3 is 0 Å². The first-order valence-corrected chi connectivity index (χ1v) is 14.3. The van der Waals surface area contributed by atoms with E-state index in [1.165, 1.54) is 65.3 Å².